The predicted molar refractivity (Wildman–Crippen MR) is 126 cm³/mol. The number of nitrogens with one attached hydrogen (secondary N) is 3. The van der Waals surface area contributed by atoms with E-state index in [2.05, 4.69) is 36.9 Å². The van der Waals surface area contributed by atoms with Gasteiger partial charge in [0.05, 0.1) is 6.42 Å². The van der Waals surface area contributed by atoms with E-state index in [0.717, 1.165) is 21.9 Å². The fourth-order valence-electron chi connectivity index (χ4n) is 3.40. The van der Waals surface area contributed by atoms with Crippen LogP contribution in [0.5, 0.6) is 0 Å². The lowest BCUT2D eigenvalue weighted by Gasteiger charge is -2.19. The molecule has 0 aliphatic rings. The molecule has 0 radical (unpaired) electrons. The van der Waals surface area contributed by atoms with Gasteiger partial charge in [0.15, 0.2) is 0 Å². The van der Waals surface area contributed by atoms with E-state index in [1.807, 2.05) is 54.6 Å². The molecule has 0 bridgehead atoms. The Hall–Kier alpha value is -3.67. The molecule has 0 heterocycles. The molecule has 3 amide bonds. The topological polar surface area (TPSA) is 87.3 Å². The number of amides is 3. The SMILES string of the molecule is C[C@@H](NC(=O)Cc1cccc2ccccc12)C(=O)NNC(=O)c1ccc(C(C)(C)C)cc1. The van der Waals surface area contributed by atoms with Gasteiger partial charge in [0.25, 0.3) is 11.8 Å². The summed E-state index contributed by atoms with van der Waals surface area (Å²) in [6.07, 6.45) is 0.158. The Bertz CT molecular complexity index is 1130. The molecular formula is C26H29N3O3. The summed E-state index contributed by atoms with van der Waals surface area (Å²) < 4.78 is 0. The van der Waals surface area contributed by atoms with Crippen molar-refractivity contribution in [2.75, 3.05) is 0 Å². The smallest absolute Gasteiger partial charge is 0.269 e. The van der Waals surface area contributed by atoms with Crippen molar-refractivity contribution in [1.29, 1.82) is 0 Å². The Morgan fingerprint density at radius 3 is 2.19 bits per heavy atom. The van der Waals surface area contributed by atoms with Gasteiger partial charge in [-0.25, -0.2) is 0 Å². The van der Waals surface area contributed by atoms with Gasteiger partial charge in [-0.05, 0) is 46.4 Å². The third-order valence-electron chi connectivity index (χ3n) is 5.31. The second kappa shape index (κ2) is 9.64. The third kappa shape index (κ3) is 5.72. The van der Waals surface area contributed by atoms with Crippen LogP contribution in [0.2, 0.25) is 0 Å². The van der Waals surface area contributed by atoms with Crippen LogP contribution in [0.1, 0.15) is 49.2 Å². The normalized spacial score (nSPS) is 12.1. The van der Waals surface area contributed by atoms with Crippen molar-refractivity contribution in [2.45, 2.75) is 45.6 Å². The summed E-state index contributed by atoms with van der Waals surface area (Å²) in [5.74, 6) is -1.20. The minimum Gasteiger partial charge on any atom is -0.344 e. The van der Waals surface area contributed by atoms with E-state index in [0.29, 0.717) is 5.56 Å². The molecule has 0 fully saturated rings. The van der Waals surface area contributed by atoms with Crippen LogP contribution in [-0.4, -0.2) is 23.8 Å². The molecule has 32 heavy (non-hydrogen) atoms. The van der Waals surface area contributed by atoms with Gasteiger partial charge in [0, 0.05) is 5.56 Å². The van der Waals surface area contributed by atoms with Crippen LogP contribution < -0.4 is 16.2 Å². The molecule has 1 atom stereocenters. The predicted octanol–water partition coefficient (Wildman–Crippen LogP) is 3.65. The lowest BCUT2D eigenvalue weighted by atomic mass is 9.87. The van der Waals surface area contributed by atoms with Crippen molar-refractivity contribution < 1.29 is 14.4 Å². The zero-order valence-electron chi connectivity index (χ0n) is 18.9. The minimum atomic E-state index is -0.805. The first-order valence-electron chi connectivity index (χ1n) is 10.6. The van der Waals surface area contributed by atoms with Crippen LogP contribution in [0, 0.1) is 0 Å². The lowest BCUT2D eigenvalue weighted by molar-refractivity contribution is -0.128. The van der Waals surface area contributed by atoms with Crippen LogP contribution in [-0.2, 0) is 21.4 Å². The van der Waals surface area contributed by atoms with Crippen LogP contribution in [0.25, 0.3) is 10.8 Å². The quantitative estimate of drug-likeness (QED) is 0.539. The number of carbonyl (C=O) groups is 3. The summed E-state index contributed by atoms with van der Waals surface area (Å²) >= 11 is 0. The second-order valence-electron chi connectivity index (χ2n) is 8.87. The molecular weight excluding hydrogens is 402 g/mol. The van der Waals surface area contributed by atoms with Gasteiger partial charge in [0.2, 0.25) is 5.91 Å². The molecule has 3 N–H and O–H groups in total. The summed E-state index contributed by atoms with van der Waals surface area (Å²) in [7, 11) is 0. The standard InChI is InChI=1S/C26H29N3O3/c1-17(27-23(30)16-20-10-7-9-18-8-5-6-11-22(18)20)24(31)28-29-25(32)19-12-14-21(15-13-19)26(2,3)4/h5-15,17H,16H2,1-4H3,(H,27,30)(H,28,31)(H,29,32)/t17-/m1/s1. The Morgan fingerprint density at radius 2 is 1.50 bits per heavy atom. The summed E-state index contributed by atoms with van der Waals surface area (Å²) in [6.45, 7) is 7.86. The van der Waals surface area contributed by atoms with Crippen LogP contribution in [0.3, 0.4) is 0 Å². The highest BCUT2D eigenvalue weighted by Gasteiger charge is 2.18. The lowest BCUT2D eigenvalue weighted by Crippen LogP contribution is -2.51. The number of carbonyl (C=O) groups excluding carboxylic acids is 3. The molecule has 3 aromatic carbocycles. The van der Waals surface area contributed by atoms with Crippen LogP contribution in [0.4, 0.5) is 0 Å². The molecule has 3 rings (SSSR count). The third-order valence-corrected chi connectivity index (χ3v) is 5.31. The number of rotatable bonds is 5. The van der Waals surface area contributed by atoms with E-state index < -0.39 is 17.9 Å². The molecule has 3 aromatic rings. The molecule has 0 aliphatic heterocycles. The fourth-order valence-corrected chi connectivity index (χ4v) is 3.40. The summed E-state index contributed by atoms with van der Waals surface area (Å²) in [6, 6.07) is 20.1. The highest BCUT2D eigenvalue weighted by Crippen LogP contribution is 2.22. The number of hydrogen-bond acceptors (Lipinski definition) is 3. The minimum absolute atomic E-state index is 0.0110. The average molecular weight is 432 g/mol. The van der Waals surface area contributed by atoms with Gasteiger partial charge in [-0.3, -0.25) is 25.2 Å². The van der Waals surface area contributed by atoms with Crippen molar-refractivity contribution in [2.24, 2.45) is 0 Å². The van der Waals surface area contributed by atoms with E-state index >= 15 is 0 Å². The largest absolute Gasteiger partial charge is 0.344 e. The summed E-state index contributed by atoms with van der Waals surface area (Å²) in [5, 5.41) is 4.74. The Balaban J connectivity index is 1.52. The Labute approximate surface area is 188 Å². The summed E-state index contributed by atoms with van der Waals surface area (Å²) in [4.78, 5) is 37.1. The molecule has 0 unspecified atom stereocenters. The molecule has 166 valence electrons. The highest BCUT2D eigenvalue weighted by molar-refractivity contribution is 5.96. The Kier molecular flexibility index (Phi) is 6.93. The molecule has 0 aromatic heterocycles. The number of fused-ring (bicyclic) bond motifs is 1. The van der Waals surface area contributed by atoms with E-state index in [1.165, 1.54) is 0 Å². The first kappa shape index (κ1) is 23.0. The molecule has 6 heteroatoms. The van der Waals surface area contributed by atoms with E-state index in [9.17, 15) is 14.4 Å². The van der Waals surface area contributed by atoms with Crippen molar-refractivity contribution in [3.05, 3.63) is 83.4 Å². The zero-order valence-corrected chi connectivity index (χ0v) is 18.9. The first-order chi connectivity index (χ1) is 15.1. The maximum Gasteiger partial charge on any atom is 0.269 e. The van der Waals surface area contributed by atoms with Crippen molar-refractivity contribution in [3.63, 3.8) is 0 Å². The van der Waals surface area contributed by atoms with Crippen LogP contribution >= 0.6 is 0 Å². The van der Waals surface area contributed by atoms with E-state index in [1.54, 1.807) is 19.1 Å². The summed E-state index contributed by atoms with van der Waals surface area (Å²) in [5.41, 5.74) is 7.19. The molecule has 6 nitrogen and oxygen atoms in total. The second-order valence-corrected chi connectivity index (χ2v) is 8.87. The molecule has 0 saturated carbocycles. The molecule has 0 saturated heterocycles. The molecule has 0 spiro atoms. The number of hydrazine groups is 1. The van der Waals surface area contributed by atoms with Gasteiger partial charge in [-0.2, -0.15) is 0 Å². The van der Waals surface area contributed by atoms with Gasteiger partial charge in [-0.15, -0.1) is 0 Å². The monoisotopic (exact) mass is 431 g/mol. The number of benzene rings is 3. The zero-order chi connectivity index (χ0) is 23.3. The Morgan fingerprint density at radius 1 is 0.844 bits per heavy atom. The fraction of sp³-hybridized carbons (Fsp3) is 0.269. The van der Waals surface area contributed by atoms with Gasteiger partial charge in [0.1, 0.15) is 6.04 Å². The van der Waals surface area contributed by atoms with Gasteiger partial charge in [-0.1, -0.05) is 75.4 Å². The maximum absolute atomic E-state index is 12.5. The van der Waals surface area contributed by atoms with Crippen molar-refractivity contribution >= 4 is 28.5 Å². The van der Waals surface area contributed by atoms with Gasteiger partial charge >= 0.3 is 0 Å². The van der Waals surface area contributed by atoms with E-state index in [4.69, 9.17) is 0 Å². The molecule has 0 aliphatic carbocycles. The van der Waals surface area contributed by atoms with Gasteiger partial charge < -0.3 is 5.32 Å². The first-order valence-corrected chi connectivity index (χ1v) is 10.6. The van der Waals surface area contributed by atoms with Crippen molar-refractivity contribution in [1.82, 2.24) is 16.2 Å². The highest BCUT2D eigenvalue weighted by atomic mass is 16.2. The average Bonchev–Trinajstić information content (AvgIpc) is 2.77. The maximum atomic E-state index is 12.5. The van der Waals surface area contributed by atoms with Crippen LogP contribution in [0.15, 0.2) is 66.7 Å². The number of hydrogen-bond donors (Lipinski definition) is 3. The van der Waals surface area contributed by atoms with E-state index in [-0.39, 0.29) is 17.7 Å². The van der Waals surface area contributed by atoms with Crippen molar-refractivity contribution in [3.8, 4) is 0 Å².